The summed E-state index contributed by atoms with van der Waals surface area (Å²) in [5.41, 5.74) is 4.73. The Morgan fingerprint density at radius 1 is 1.67 bits per heavy atom. The largest absolute Gasteiger partial charge is 0.481 e. The van der Waals surface area contributed by atoms with Gasteiger partial charge in [0.1, 0.15) is 0 Å². The van der Waals surface area contributed by atoms with Crippen LogP contribution in [0.15, 0.2) is 0 Å². The smallest absolute Gasteiger partial charge is 0.309 e. The molecule has 3 N–H and O–H groups in total. The molecule has 5 heteroatoms. The van der Waals surface area contributed by atoms with Crippen LogP contribution in [0.1, 0.15) is 20.8 Å². The van der Waals surface area contributed by atoms with Gasteiger partial charge in [-0.1, -0.05) is 20.8 Å². The van der Waals surface area contributed by atoms with Crippen molar-refractivity contribution in [3.05, 3.63) is 0 Å². The predicted molar refractivity (Wildman–Crippen MR) is 46.7 cm³/mol. The lowest BCUT2D eigenvalue weighted by Crippen LogP contribution is -2.30. The second-order valence-corrected chi connectivity index (χ2v) is 3.65. The van der Waals surface area contributed by atoms with Crippen LogP contribution in [-0.2, 0) is 9.45 Å². The highest BCUT2D eigenvalue weighted by atomic mass is 16.4. The summed E-state index contributed by atoms with van der Waals surface area (Å²) >= 11 is 0. The standard InChI is InChI=1S/C7H15BNO3/c1-7(2,3)5(6(10)11)8-12-4-9/h5H,4,9H2,1-3H3,(H,10,11)/t5-/m1/s1. The van der Waals surface area contributed by atoms with Gasteiger partial charge in [0.15, 0.2) is 0 Å². The Hall–Kier alpha value is -0.545. The number of carboxylic acid groups (broad SMARTS) is 1. The summed E-state index contributed by atoms with van der Waals surface area (Å²) < 4.78 is 4.76. The van der Waals surface area contributed by atoms with E-state index < -0.39 is 11.8 Å². The van der Waals surface area contributed by atoms with Gasteiger partial charge in [-0.05, 0) is 5.41 Å². The van der Waals surface area contributed by atoms with Crippen LogP contribution < -0.4 is 5.73 Å². The number of nitrogens with two attached hydrogens (primary N) is 1. The first-order valence-corrected chi connectivity index (χ1v) is 3.77. The average Bonchev–Trinajstić information content (AvgIpc) is 1.84. The van der Waals surface area contributed by atoms with Crippen LogP contribution >= 0.6 is 0 Å². The highest BCUT2D eigenvalue weighted by molar-refractivity contribution is 6.37. The van der Waals surface area contributed by atoms with Gasteiger partial charge in [-0.15, -0.1) is 0 Å². The van der Waals surface area contributed by atoms with Crippen LogP contribution in [0.5, 0.6) is 0 Å². The molecular formula is C7H15BNO3. The van der Waals surface area contributed by atoms with Crippen LogP contribution in [0, 0.1) is 5.41 Å². The first-order chi connectivity index (χ1) is 5.39. The first kappa shape index (κ1) is 11.5. The maximum absolute atomic E-state index is 10.7. The zero-order valence-corrected chi connectivity index (χ0v) is 7.70. The Morgan fingerprint density at radius 3 is 2.42 bits per heavy atom. The maximum atomic E-state index is 10.7. The van der Waals surface area contributed by atoms with Crippen LogP contribution in [0.25, 0.3) is 0 Å². The zero-order chi connectivity index (χ0) is 9.78. The molecule has 0 aliphatic rings. The normalized spacial score (nSPS) is 14.0. The molecular weight excluding hydrogens is 157 g/mol. The average molecular weight is 172 g/mol. The molecule has 0 unspecified atom stereocenters. The van der Waals surface area contributed by atoms with Crippen LogP contribution in [0.2, 0.25) is 5.82 Å². The monoisotopic (exact) mass is 172 g/mol. The van der Waals surface area contributed by atoms with E-state index >= 15 is 0 Å². The molecule has 1 radical (unpaired) electrons. The van der Waals surface area contributed by atoms with Crippen molar-refractivity contribution in [2.24, 2.45) is 11.1 Å². The SMILES string of the molecule is CC(C)(C)[C@H]([B]OCN)C(=O)O. The summed E-state index contributed by atoms with van der Waals surface area (Å²) in [5, 5.41) is 8.78. The molecule has 0 aliphatic heterocycles. The van der Waals surface area contributed by atoms with Crippen molar-refractivity contribution >= 4 is 13.5 Å². The Balaban J connectivity index is 4.15. The third-order valence-electron chi connectivity index (χ3n) is 1.53. The number of carbonyl (C=O) groups is 1. The fourth-order valence-corrected chi connectivity index (χ4v) is 0.785. The van der Waals surface area contributed by atoms with Gasteiger partial charge in [-0.25, -0.2) is 0 Å². The van der Waals surface area contributed by atoms with Gasteiger partial charge < -0.3 is 15.5 Å². The number of hydrogen-bond acceptors (Lipinski definition) is 3. The van der Waals surface area contributed by atoms with E-state index in [0.29, 0.717) is 0 Å². The summed E-state index contributed by atoms with van der Waals surface area (Å²) in [6, 6.07) is 0. The third-order valence-corrected chi connectivity index (χ3v) is 1.53. The molecule has 0 aromatic heterocycles. The van der Waals surface area contributed by atoms with E-state index in [2.05, 4.69) is 0 Å². The minimum atomic E-state index is -0.893. The van der Waals surface area contributed by atoms with Crippen LogP contribution in [0.3, 0.4) is 0 Å². The van der Waals surface area contributed by atoms with Gasteiger partial charge >= 0.3 is 13.5 Å². The van der Waals surface area contributed by atoms with Crippen molar-refractivity contribution < 1.29 is 14.6 Å². The minimum absolute atomic E-state index is 0.0137. The lowest BCUT2D eigenvalue weighted by atomic mass is 9.64. The zero-order valence-electron chi connectivity index (χ0n) is 7.70. The molecule has 0 aromatic rings. The van der Waals surface area contributed by atoms with Crippen molar-refractivity contribution in [2.75, 3.05) is 6.73 Å². The minimum Gasteiger partial charge on any atom is -0.481 e. The number of hydrogen-bond donors (Lipinski definition) is 2. The van der Waals surface area contributed by atoms with Crippen molar-refractivity contribution in [3.63, 3.8) is 0 Å². The number of aliphatic carboxylic acids is 1. The topological polar surface area (TPSA) is 72.5 Å². The molecule has 1 atom stereocenters. The summed E-state index contributed by atoms with van der Waals surface area (Å²) in [4.78, 5) is 10.7. The fourth-order valence-electron chi connectivity index (χ4n) is 0.785. The molecule has 0 saturated carbocycles. The van der Waals surface area contributed by atoms with E-state index in [9.17, 15) is 4.79 Å². The number of carboxylic acids is 1. The first-order valence-electron chi connectivity index (χ1n) is 3.77. The van der Waals surface area contributed by atoms with Gasteiger partial charge in [0.25, 0.3) is 0 Å². The lowest BCUT2D eigenvalue weighted by Gasteiger charge is -2.25. The van der Waals surface area contributed by atoms with Crippen molar-refractivity contribution in [1.29, 1.82) is 0 Å². The van der Waals surface area contributed by atoms with Crippen molar-refractivity contribution in [1.82, 2.24) is 0 Å². The highest BCUT2D eigenvalue weighted by Gasteiger charge is 2.32. The molecule has 0 saturated heterocycles. The molecule has 0 aliphatic carbocycles. The van der Waals surface area contributed by atoms with Gasteiger partial charge in [-0.3, -0.25) is 4.79 Å². The van der Waals surface area contributed by atoms with E-state index in [-0.39, 0.29) is 12.1 Å². The van der Waals surface area contributed by atoms with E-state index in [1.54, 1.807) is 0 Å². The van der Waals surface area contributed by atoms with Gasteiger partial charge in [0, 0.05) is 0 Å². The molecule has 0 heterocycles. The summed E-state index contributed by atoms with van der Waals surface area (Å²) in [7, 11) is 1.28. The van der Waals surface area contributed by atoms with Gasteiger partial charge in [0.2, 0.25) is 0 Å². The van der Waals surface area contributed by atoms with Crippen molar-refractivity contribution in [2.45, 2.75) is 26.6 Å². The van der Waals surface area contributed by atoms with E-state index in [1.165, 1.54) is 7.48 Å². The fraction of sp³-hybridized carbons (Fsp3) is 0.857. The van der Waals surface area contributed by atoms with Crippen LogP contribution in [0.4, 0.5) is 0 Å². The van der Waals surface area contributed by atoms with Crippen molar-refractivity contribution in [3.8, 4) is 0 Å². The Bertz CT molecular complexity index is 155. The molecule has 0 fully saturated rings. The molecule has 4 nitrogen and oxygen atoms in total. The summed E-state index contributed by atoms with van der Waals surface area (Å²) in [6.45, 7) is 5.52. The van der Waals surface area contributed by atoms with Crippen LogP contribution in [-0.4, -0.2) is 25.3 Å². The molecule has 0 spiro atoms. The molecule has 69 valence electrons. The Morgan fingerprint density at radius 2 is 2.17 bits per heavy atom. The van der Waals surface area contributed by atoms with E-state index in [1.807, 2.05) is 20.8 Å². The second-order valence-electron chi connectivity index (χ2n) is 3.65. The quantitative estimate of drug-likeness (QED) is 0.477. The van der Waals surface area contributed by atoms with E-state index in [4.69, 9.17) is 15.5 Å². The number of rotatable bonds is 4. The maximum Gasteiger partial charge on any atom is 0.309 e. The molecule has 0 amide bonds. The Kier molecular flexibility index (Phi) is 4.27. The Labute approximate surface area is 73.4 Å². The highest BCUT2D eigenvalue weighted by Crippen LogP contribution is 2.30. The van der Waals surface area contributed by atoms with Gasteiger partial charge in [-0.2, -0.15) is 0 Å². The predicted octanol–water partition coefficient (Wildman–Crippen LogP) is 0.458. The van der Waals surface area contributed by atoms with Gasteiger partial charge in [0.05, 0.1) is 12.5 Å². The molecule has 0 bridgehead atoms. The lowest BCUT2D eigenvalue weighted by molar-refractivity contribution is -0.139. The third kappa shape index (κ3) is 3.73. The second kappa shape index (κ2) is 4.47. The summed E-state index contributed by atoms with van der Waals surface area (Å²) in [5.74, 6) is -1.52. The molecule has 0 rings (SSSR count). The summed E-state index contributed by atoms with van der Waals surface area (Å²) in [6.07, 6.45) is 0. The van der Waals surface area contributed by atoms with E-state index in [0.717, 1.165) is 0 Å². The molecule has 12 heavy (non-hydrogen) atoms. The molecule has 0 aromatic carbocycles.